The second kappa shape index (κ2) is 14.7. The number of hydrogen-bond acceptors (Lipinski definition) is 2. The molecule has 0 amide bonds. The van der Waals surface area contributed by atoms with Crippen molar-refractivity contribution in [3.05, 3.63) is 60.7 Å². The van der Waals surface area contributed by atoms with Gasteiger partial charge in [-0.05, 0) is 28.6 Å². The first-order valence-corrected chi connectivity index (χ1v) is 14.8. The molecule has 0 N–H and O–H groups in total. The van der Waals surface area contributed by atoms with Crippen LogP contribution in [0.4, 0.5) is 0 Å². The number of rotatable bonds is 16. The van der Waals surface area contributed by atoms with Gasteiger partial charge in [-0.1, -0.05) is 140 Å². The summed E-state index contributed by atoms with van der Waals surface area (Å²) in [7, 11) is -2.82. The van der Waals surface area contributed by atoms with E-state index in [2.05, 4.69) is 95.3 Å². The van der Waals surface area contributed by atoms with E-state index in [1.54, 1.807) is 0 Å². The third kappa shape index (κ3) is 8.17. The topological polar surface area (TPSA) is 18.5 Å². The Hall–Kier alpha value is -1.42. The maximum atomic E-state index is 7.12. The van der Waals surface area contributed by atoms with Gasteiger partial charge in [0.1, 0.15) is 0 Å². The van der Waals surface area contributed by atoms with Crippen molar-refractivity contribution >= 4 is 18.9 Å². The molecule has 3 heteroatoms. The Bertz CT molecular complexity index is 667. The molecule has 2 rings (SSSR count). The molecule has 0 fully saturated rings. The lowest BCUT2D eigenvalue weighted by molar-refractivity contribution is 0.0630. The monoisotopic (exact) mass is 454 g/mol. The summed E-state index contributed by atoms with van der Waals surface area (Å²) in [6.07, 6.45) is 10.6. The van der Waals surface area contributed by atoms with Crippen LogP contribution in [0.1, 0.15) is 86.0 Å². The van der Waals surface area contributed by atoms with E-state index in [4.69, 9.17) is 8.85 Å². The highest BCUT2D eigenvalue weighted by Crippen LogP contribution is 2.23. The fourth-order valence-corrected chi connectivity index (χ4v) is 8.13. The molecule has 0 aromatic heterocycles. The van der Waals surface area contributed by atoms with Gasteiger partial charge in [0.25, 0.3) is 0 Å². The van der Waals surface area contributed by atoms with Gasteiger partial charge in [0.15, 0.2) is 0 Å². The van der Waals surface area contributed by atoms with Crippen LogP contribution in [0.3, 0.4) is 0 Å². The smallest absolute Gasteiger partial charge is 0.388 e. The van der Waals surface area contributed by atoms with Crippen molar-refractivity contribution < 1.29 is 8.85 Å². The minimum absolute atomic E-state index is 0.153. The van der Waals surface area contributed by atoms with E-state index in [1.165, 1.54) is 55.3 Å². The molecular weight excluding hydrogens is 408 g/mol. The van der Waals surface area contributed by atoms with Crippen LogP contribution >= 0.6 is 0 Å². The first-order valence-electron chi connectivity index (χ1n) is 12.9. The third-order valence-electron chi connectivity index (χ3n) is 6.23. The molecule has 0 heterocycles. The van der Waals surface area contributed by atoms with Crippen LogP contribution in [-0.4, -0.2) is 21.3 Å². The van der Waals surface area contributed by atoms with Crippen molar-refractivity contribution in [1.82, 2.24) is 0 Å². The van der Waals surface area contributed by atoms with E-state index in [9.17, 15) is 0 Å². The van der Waals surface area contributed by atoms with Crippen molar-refractivity contribution in [2.24, 2.45) is 11.8 Å². The van der Waals surface area contributed by atoms with Crippen LogP contribution in [0.15, 0.2) is 60.7 Å². The van der Waals surface area contributed by atoms with Crippen LogP contribution in [0.2, 0.25) is 0 Å². The number of benzene rings is 2. The summed E-state index contributed by atoms with van der Waals surface area (Å²) in [5, 5.41) is 2.41. The SMILES string of the molecule is CCCCCCCCCCO[Si](OC(C(C)C)C(C)C)(c1ccccc1)c1ccccc1. The third-order valence-corrected chi connectivity index (χ3v) is 9.63. The first kappa shape index (κ1) is 26.8. The summed E-state index contributed by atoms with van der Waals surface area (Å²) >= 11 is 0. The summed E-state index contributed by atoms with van der Waals surface area (Å²) in [6, 6.07) is 21.4. The molecule has 0 aliphatic heterocycles. The lowest BCUT2D eigenvalue weighted by atomic mass is 9.97. The van der Waals surface area contributed by atoms with Gasteiger partial charge >= 0.3 is 8.56 Å². The molecule has 0 radical (unpaired) electrons. The second-order valence-corrected chi connectivity index (χ2v) is 12.7. The van der Waals surface area contributed by atoms with Gasteiger partial charge in [0.2, 0.25) is 0 Å². The van der Waals surface area contributed by atoms with E-state index < -0.39 is 8.56 Å². The van der Waals surface area contributed by atoms with Gasteiger partial charge in [-0.3, -0.25) is 0 Å². The molecule has 0 aliphatic carbocycles. The van der Waals surface area contributed by atoms with Crippen molar-refractivity contribution in [3.63, 3.8) is 0 Å². The molecule has 32 heavy (non-hydrogen) atoms. The normalized spacial score (nSPS) is 12.2. The predicted molar refractivity (Wildman–Crippen MR) is 141 cm³/mol. The Morgan fingerprint density at radius 2 is 1.06 bits per heavy atom. The summed E-state index contributed by atoms with van der Waals surface area (Å²) < 4.78 is 14.0. The minimum atomic E-state index is -2.82. The Kier molecular flexibility index (Phi) is 12.3. The average Bonchev–Trinajstić information content (AvgIpc) is 2.80. The molecular formula is C29H46O2Si. The van der Waals surface area contributed by atoms with E-state index in [-0.39, 0.29) is 6.10 Å². The Morgan fingerprint density at radius 3 is 1.50 bits per heavy atom. The summed E-state index contributed by atoms with van der Waals surface area (Å²) in [4.78, 5) is 0. The van der Waals surface area contributed by atoms with Crippen molar-refractivity contribution in [2.45, 2.75) is 92.1 Å². The predicted octanol–water partition coefficient (Wildman–Crippen LogP) is 7.10. The lowest BCUT2D eigenvalue weighted by Gasteiger charge is -2.38. The molecule has 0 saturated heterocycles. The molecule has 0 unspecified atom stereocenters. The van der Waals surface area contributed by atoms with Crippen LogP contribution in [0.25, 0.3) is 0 Å². The van der Waals surface area contributed by atoms with E-state index >= 15 is 0 Å². The van der Waals surface area contributed by atoms with Gasteiger partial charge < -0.3 is 8.85 Å². The van der Waals surface area contributed by atoms with E-state index in [0.717, 1.165) is 13.0 Å². The van der Waals surface area contributed by atoms with Crippen molar-refractivity contribution in [2.75, 3.05) is 6.61 Å². The zero-order chi connectivity index (χ0) is 23.2. The number of hydrogen-bond donors (Lipinski definition) is 0. The summed E-state index contributed by atoms with van der Waals surface area (Å²) in [5.41, 5.74) is 0. The molecule has 178 valence electrons. The fraction of sp³-hybridized carbons (Fsp3) is 0.586. The molecule has 2 nitrogen and oxygen atoms in total. The van der Waals surface area contributed by atoms with E-state index in [0.29, 0.717) is 11.8 Å². The molecule has 0 spiro atoms. The largest absolute Gasteiger partial charge is 0.407 e. The van der Waals surface area contributed by atoms with Crippen LogP contribution < -0.4 is 10.4 Å². The van der Waals surface area contributed by atoms with Gasteiger partial charge in [-0.15, -0.1) is 0 Å². The van der Waals surface area contributed by atoms with Crippen molar-refractivity contribution in [3.8, 4) is 0 Å². The maximum absolute atomic E-state index is 7.12. The highest BCUT2D eigenvalue weighted by molar-refractivity contribution is 6.92. The molecule has 0 atom stereocenters. The highest BCUT2D eigenvalue weighted by atomic mass is 28.4. The first-order chi connectivity index (χ1) is 15.5. The number of unbranched alkanes of at least 4 members (excludes halogenated alkanes) is 7. The summed E-state index contributed by atoms with van der Waals surface area (Å²) in [5.74, 6) is 0.863. The van der Waals surface area contributed by atoms with Crippen molar-refractivity contribution in [1.29, 1.82) is 0 Å². The average molecular weight is 455 g/mol. The standard InChI is InChI=1S/C29H46O2Si/c1-6-7-8-9-10-11-12-19-24-30-32(27-20-15-13-16-21-27,28-22-17-14-18-23-28)31-29(25(2)3)26(4)5/h13-18,20-23,25-26,29H,6-12,19,24H2,1-5H3. The van der Waals surface area contributed by atoms with Gasteiger partial charge in [0.05, 0.1) is 6.10 Å². The molecule has 0 bridgehead atoms. The molecule has 2 aromatic carbocycles. The van der Waals surface area contributed by atoms with Gasteiger partial charge in [-0.2, -0.15) is 0 Å². The lowest BCUT2D eigenvalue weighted by Crippen LogP contribution is -2.65. The summed E-state index contributed by atoms with van der Waals surface area (Å²) in [6.45, 7) is 12.1. The second-order valence-electron chi connectivity index (χ2n) is 9.74. The molecule has 2 aromatic rings. The van der Waals surface area contributed by atoms with Gasteiger partial charge in [0, 0.05) is 6.61 Å². The fourth-order valence-electron chi connectivity index (χ4n) is 4.50. The zero-order valence-corrected chi connectivity index (χ0v) is 22.2. The van der Waals surface area contributed by atoms with Crippen LogP contribution in [-0.2, 0) is 8.85 Å². The van der Waals surface area contributed by atoms with Crippen LogP contribution in [0, 0.1) is 11.8 Å². The Balaban J connectivity index is 2.19. The zero-order valence-electron chi connectivity index (χ0n) is 21.2. The van der Waals surface area contributed by atoms with Gasteiger partial charge in [-0.25, -0.2) is 0 Å². The Labute approximate surface area is 199 Å². The Morgan fingerprint density at radius 1 is 0.625 bits per heavy atom. The molecule has 0 saturated carbocycles. The van der Waals surface area contributed by atoms with Crippen LogP contribution in [0.5, 0.6) is 0 Å². The molecule has 0 aliphatic rings. The maximum Gasteiger partial charge on any atom is 0.407 e. The van der Waals surface area contributed by atoms with E-state index in [1.807, 2.05) is 0 Å². The quantitative estimate of drug-likeness (QED) is 0.199. The minimum Gasteiger partial charge on any atom is -0.388 e. The highest BCUT2D eigenvalue weighted by Gasteiger charge is 2.45.